The van der Waals surface area contributed by atoms with Gasteiger partial charge in [-0.2, -0.15) is 0 Å². The third-order valence-corrected chi connectivity index (χ3v) is 9.58. The maximum absolute atomic E-state index is 12.7. The van der Waals surface area contributed by atoms with Gasteiger partial charge in [-0.3, -0.25) is 13.8 Å². The maximum Gasteiger partial charge on any atom is 0.472 e. The van der Waals surface area contributed by atoms with Crippen LogP contribution in [-0.2, 0) is 18.4 Å². The first kappa shape index (κ1) is 49.2. The first-order valence-electron chi connectivity index (χ1n) is 20.4. The highest BCUT2D eigenvalue weighted by molar-refractivity contribution is 7.47. The molecule has 0 bridgehead atoms. The third kappa shape index (κ3) is 36.4. The Labute approximate surface area is 313 Å². The van der Waals surface area contributed by atoms with Crippen LogP contribution >= 0.6 is 7.82 Å². The third-order valence-electron chi connectivity index (χ3n) is 8.60. The van der Waals surface area contributed by atoms with Crippen LogP contribution in [0.1, 0.15) is 168 Å². The van der Waals surface area contributed by atoms with E-state index in [2.05, 4.69) is 67.8 Å². The molecule has 0 aliphatic carbocycles. The Kier molecular flexibility index (Phi) is 36.6. The standard InChI is InChI=1S/C42H77N2O6P/c1-3-5-7-9-11-13-15-17-19-20-22-23-25-27-29-31-33-35-41(45)40(39-50-51(47,48)49-38-37-43)44-42(46)36-34-32-30-28-26-24-21-18-16-14-12-10-8-6-4-2/h6,8,12,14,18,21,26,28,33,35,40-41,45H,3-5,7,9-11,13,15-17,19-20,22-25,27,29-32,34,36-39,43H2,1-2H3,(H,44,46)(H,47,48)/b8-6-,14-12-,21-18-,28-26-,35-33+. The molecule has 0 rings (SSSR count). The normalized spacial score (nSPS) is 14.8. The molecule has 3 unspecified atom stereocenters. The lowest BCUT2D eigenvalue weighted by Crippen LogP contribution is -2.45. The van der Waals surface area contributed by atoms with Crippen molar-refractivity contribution < 1.29 is 28.4 Å². The molecule has 0 heterocycles. The van der Waals surface area contributed by atoms with E-state index >= 15 is 0 Å². The van der Waals surface area contributed by atoms with Crippen molar-refractivity contribution in [2.24, 2.45) is 5.73 Å². The number of aliphatic hydroxyl groups is 1. The monoisotopic (exact) mass is 737 g/mol. The second-order valence-corrected chi connectivity index (χ2v) is 14.9. The van der Waals surface area contributed by atoms with Crippen molar-refractivity contribution in [3.8, 4) is 0 Å². The van der Waals surface area contributed by atoms with Crippen molar-refractivity contribution in [2.75, 3.05) is 19.8 Å². The van der Waals surface area contributed by atoms with Crippen molar-refractivity contribution in [3.05, 3.63) is 60.8 Å². The first-order valence-corrected chi connectivity index (χ1v) is 21.9. The second kappa shape index (κ2) is 37.9. The van der Waals surface area contributed by atoms with Gasteiger partial charge in [-0.1, -0.05) is 164 Å². The van der Waals surface area contributed by atoms with E-state index in [4.69, 9.17) is 14.8 Å². The summed E-state index contributed by atoms with van der Waals surface area (Å²) in [7, 11) is -4.35. The van der Waals surface area contributed by atoms with Crippen molar-refractivity contribution in [1.82, 2.24) is 5.32 Å². The lowest BCUT2D eigenvalue weighted by Gasteiger charge is -2.23. The summed E-state index contributed by atoms with van der Waals surface area (Å²) < 4.78 is 22.1. The molecule has 0 aromatic heterocycles. The van der Waals surface area contributed by atoms with E-state index in [-0.39, 0.29) is 25.7 Å². The van der Waals surface area contributed by atoms with Crippen LogP contribution in [0.15, 0.2) is 60.8 Å². The number of rotatable bonds is 37. The number of carbonyl (C=O) groups excluding carboxylic acids is 1. The van der Waals surface area contributed by atoms with Gasteiger partial charge in [0.1, 0.15) is 0 Å². The molecule has 1 amide bonds. The molecule has 0 radical (unpaired) electrons. The Morgan fingerprint density at radius 3 is 1.67 bits per heavy atom. The minimum Gasteiger partial charge on any atom is -0.387 e. The highest BCUT2D eigenvalue weighted by atomic mass is 31.2. The van der Waals surface area contributed by atoms with Crippen LogP contribution in [-0.4, -0.2) is 47.8 Å². The van der Waals surface area contributed by atoms with E-state index in [1.807, 2.05) is 6.08 Å². The molecule has 5 N–H and O–H groups in total. The Hall–Kier alpha value is -1.80. The van der Waals surface area contributed by atoms with Crippen LogP contribution in [0.25, 0.3) is 0 Å². The smallest absolute Gasteiger partial charge is 0.387 e. The van der Waals surface area contributed by atoms with Gasteiger partial charge in [-0.15, -0.1) is 0 Å². The predicted molar refractivity (Wildman–Crippen MR) is 217 cm³/mol. The molecule has 3 atom stereocenters. The molecule has 0 aromatic rings. The van der Waals surface area contributed by atoms with Crippen molar-refractivity contribution in [1.29, 1.82) is 0 Å². The number of phosphoric ester groups is 1. The van der Waals surface area contributed by atoms with Crippen LogP contribution < -0.4 is 11.1 Å². The van der Waals surface area contributed by atoms with Crippen LogP contribution in [0.3, 0.4) is 0 Å². The van der Waals surface area contributed by atoms with Gasteiger partial charge in [0.25, 0.3) is 0 Å². The summed E-state index contributed by atoms with van der Waals surface area (Å²) in [5.74, 6) is -0.237. The van der Waals surface area contributed by atoms with Crippen LogP contribution in [0.4, 0.5) is 0 Å². The molecule has 0 aliphatic rings. The summed E-state index contributed by atoms with van der Waals surface area (Å²) in [6, 6.07) is -0.883. The average Bonchev–Trinajstić information content (AvgIpc) is 3.12. The summed E-state index contributed by atoms with van der Waals surface area (Å²) in [5, 5.41) is 13.6. The Morgan fingerprint density at radius 2 is 1.14 bits per heavy atom. The molecule has 8 nitrogen and oxygen atoms in total. The fourth-order valence-corrected chi connectivity index (χ4v) is 6.29. The summed E-state index contributed by atoms with van der Waals surface area (Å²) in [5.41, 5.74) is 5.36. The number of phosphoric acid groups is 1. The number of hydrogen-bond acceptors (Lipinski definition) is 6. The highest BCUT2D eigenvalue weighted by Gasteiger charge is 2.26. The summed E-state index contributed by atoms with van der Waals surface area (Å²) >= 11 is 0. The lowest BCUT2D eigenvalue weighted by atomic mass is 10.0. The molecule has 296 valence electrons. The molecule has 51 heavy (non-hydrogen) atoms. The van der Waals surface area contributed by atoms with E-state index in [0.29, 0.717) is 12.8 Å². The van der Waals surface area contributed by atoms with Gasteiger partial charge < -0.3 is 21.1 Å². The average molecular weight is 737 g/mol. The molecule has 0 aliphatic heterocycles. The quantitative estimate of drug-likeness (QED) is 0.0284. The number of carbonyl (C=O) groups is 1. The van der Waals surface area contributed by atoms with Gasteiger partial charge in [0.05, 0.1) is 25.4 Å². The zero-order valence-electron chi connectivity index (χ0n) is 32.6. The number of hydrogen-bond donors (Lipinski definition) is 4. The fourth-order valence-electron chi connectivity index (χ4n) is 5.53. The van der Waals surface area contributed by atoms with E-state index in [1.165, 1.54) is 83.5 Å². The molecule has 0 spiro atoms. The Balaban J connectivity index is 4.35. The van der Waals surface area contributed by atoms with Gasteiger partial charge in [0, 0.05) is 13.0 Å². The Bertz CT molecular complexity index is 980. The fraction of sp³-hybridized carbons (Fsp3) is 0.738. The van der Waals surface area contributed by atoms with Gasteiger partial charge in [-0.25, -0.2) is 4.57 Å². The largest absolute Gasteiger partial charge is 0.472 e. The van der Waals surface area contributed by atoms with Gasteiger partial charge in [-0.05, 0) is 57.8 Å². The van der Waals surface area contributed by atoms with Crippen LogP contribution in [0.5, 0.6) is 0 Å². The van der Waals surface area contributed by atoms with E-state index < -0.39 is 20.0 Å². The minimum absolute atomic E-state index is 0.0691. The van der Waals surface area contributed by atoms with Crippen molar-refractivity contribution in [2.45, 2.75) is 180 Å². The Morgan fingerprint density at radius 1 is 0.667 bits per heavy atom. The number of nitrogens with one attached hydrogen (secondary N) is 1. The molecule has 0 fully saturated rings. The van der Waals surface area contributed by atoms with Gasteiger partial charge >= 0.3 is 7.82 Å². The number of nitrogens with two attached hydrogens (primary N) is 1. The van der Waals surface area contributed by atoms with Crippen LogP contribution in [0.2, 0.25) is 0 Å². The SMILES string of the molecule is CC/C=C\C/C=C\C/C=C\C/C=C\CCCCC(=O)NC(COP(=O)(O)OCCN)C(O)/C=C/CCCCCCCCCCCCCCCCC. The number of aliphatic hydroxyl groups excluding tert-OH is 1. The van der Waals surface area contributed by atoms with E-state index in [1.54, 1.807) is 6.08 Å². The van der Waals surface area contributed by atoms with Crippen LogP contribution in [0, 0.1) is 0 Å². The molecule has 0 saturated carbocycles. The topological polar surface area (TPSA) is 131 Å². The zero-order valence-corrected chi connectivity index (χ0v) is 33.5. The summed E-state index contributed by atoms with van der Waals surface area (Å²) in [6.45, 7) is 3.97. The van der Waals surface area contributed by atoms with E-state index in [9.17, 15) is 19.4 Å². The molecule has 0 saturated heterocycles. The maximum atomic E-state index is 12.7. The molecule has 9 heteroatoms. The second-order valence-electron chi connectivity index (χ2n) is 13.5. The summed E-state index contributed by atoms with van der Waals surface area (Å²) in [6.07, 6.45) is 47.0. The molecule has 0 aromatic carbocycles. The number of amides is 1. The number of unbranched alkanes of at least 4 members (excludes halogenated alkanes) is 17. The van der Waals surface area contributed by atoms with Crippen molar-refractivity contribution in [3.63, 3.8) is 0 Å². The predicted octanol–water partition coefficient (Wildman–Crippen LogP) is 11.1. The number of allylic oxidation sites excluding steroid dienone is 9. The van der Waals surface area contributed by atoms with Gasteiger partial charge in [0.15, 0.2) is 0 Å². The minimum atomic E-state index is -4.35. The zero-order chi connectivity index (χ0) is 37.5. The molecular formula is C42H77N2O6P. The highest BCUT2D eigenvalue weighted by Crippen LogP contribution is 2.43. The molecular weight excluding hydrogens is 659 g/mol. The van der Waals surface area contributed by atoms with E-state index in [0.717, 1.165) is 57.8 Å². The summed E-state index contributed by atoms with van der Waals surface area (Å²) in [4.78, 5) is 22.6. The van der Waals surface area contributed by atoms with Crippen molar-refractivity contribution >= 4 is 13.7 Å². The first-order chi connectivity index (χ1) is 24.9. The van der Waals surface area contributed by atoms with Gasteiger partial charge in [0.2, 0.25) is 5.91 Å². The lowest BCUT2D eigenvalue weighted by molar-refractivity contribution is -0.123.